The summed E-state index contributed by atoms with van der Waals surface area (Å²) in [5.74, 6) is 0.0640. The first-order valence-electron chi connectivity index (χ1n) is 8.89. The Morgan fingerprint density at radius 2 is 2.07 bits per heavy atom. The van der Waals surface area contributed by atoms with Crippen LogP contribution < -0.4 is 10.6 Å². The van der Waals surface area contributed by atoms with Crippen LogP contribution in [0.2, 0.25) is 5.02 Å². The summed E-state index contributed by atoms with van der Waals surface area (Å²) in [6.45, 7) is 1.84. The van der Waals surface area contributed by atoms with Crippen molar-refractivity contribution in [2.24, 2.45) is 0 Å². The van der Waals surface area contributed by atoms with E-state index in [2.05, 4.69) is 20.7 Å². The Bertz CT molecular complexity index is 1200. The zero-order valence-corrected chi connectivity index (χ0v) is 17.3. The van der Waals surface area contributed by atoms with Gasteiger partial charge < -0.3 is 9.73 Å². The number of aryl methyl sites for hydroxylation is 1. The number of carbonyl (C=O) groups excluding carboxylic acids is 2. The van der Waals surface area contributed by atoms with Gasteiger partial charge in [0.05, 0.1) is 29.8 Å². The molecule has 10 heteroatoms. The highest BCUT2D eigenvalue weighted by atomic mass is 35.5. The van der Waals surface area contributed by atoms with Crippen LogP contribution in [0.4, 0.5) is 10.9 Å². The van der Waals surface area contributed by atoms with E-state index in [1.165, 1.54) is 17.6 Å². The van der Waals surface area contributed by atoms with Crippen LogP contribution in [-0.2, 0) is 11.2 Å². The minimum atomic E-state index is -0.397. The van der Waals surface area contributed by atoms with Gasteiger partial charge in [0.25, 0.3) is 5.91 Å². The number of thiazole rings is 1. The number of amides is 2. The number of halogens is 1. The molecule has 4 rings (SSSR count). The Kier molecular flexibility index (Phi) is 5.64. The van der Waals surface area contributed by atoms with Crippen molar-refractivity contribution in [3.63, 3.8) is 0 Å². The van der Waals surface area contributed by atoms with E-state index in [4.69, 9.17) is 16.0 Å². The van der Waals surface area contributed by atoms with E-state index < -0.39 is 5.91 Å². The monoisotopic (exact) mass is 441 g/mol. The molecule has 0 spiro atoms. The molecule has 4 aromatic rings. The smallest absolute Gasteiger partial charge is 0.293 e. The Hall–Kier alpha value is -3.43. The minimum absolute atomic E-state index is 0.0485. The Morgan fingerprint density at radius 3 is 2.83 bits per heavy atom. The van der Waals surface area contributed by atoms with Crippen molar-refractivity contribution >= 4 is 45.7 Å². The highest BCUT2D eigenvalue weighted by molar-refractivity contribution is 7.14. The van der Waals surface area contributed by atoms with Gasteiger partial charge in [-0.3, -0.25) is 14.9 Å². The van der Waals surface area contributed by atoms with E-state index in [1.54, 1.807) is 40.4 Å². The summed E-state index contributed by atoms with van der Waals surface area (Å²) >= 11 is 7.30. The topological polar surface area (TPSA) is 102 Å². The molecule has 30 heavy (non-hydrogen) atoms. The van der Waals surface area contributed by atoms with Crippen LogP contribution in [0.5, 0.6) is 0 Å². The number of carbonyl (C=O) groups is 2. The first-order chi connectivity index (χ1) is 14.5. The van der Waals surface area contributed by atoms with Crippen LogP contribution in [0.15, 0.2) is 58.5 Å². The number of hydrogen-bond acceptors (Lipinski definition) is 6. The molecule has 0 saturated carbocycles. The summed E-state index contributed by atoms with van der Waals surface area (Å²) in [5.41, 5.74) is 2.03. The third-order valence-electron chi connectivity index (χ3n) is 4.01. The van der Waals surface area contributed by atoms with E-state index in [9.17, 15) is 9.59 Å². The second kappa shape index (κ2) is 8.52. The number of nitrogens with one attached hydrogen (secondary N) is 2. The summed E-state index contributed by atoms with van der Waals surface area (Å²) in [6, 6.07) is 12.2. The summed E-state index contributed by atoms with van der Waals surface area (Å²) < 4.78 is 6.67. The molecule has 0 fully saturated rings. The van der Waals surface area contributed by atoms with Gasteiger partial charge in [-0.05, 0) is 37.3 Å². The molecular formula is C20H16ClN5O3S. The number of aromatic nitrogens is 3. The van der Waals surface area contributed by atoms with Crippen molar-refractivity contribution < 1.29 is 14.0 Å². The summed E-state index contributed by atoms with van der Waals surface area (Å²) in [6.07, 6.45) is 1.47. The molecule has 0 bridgehead atoms. The zero-order valence-electron chi connectivity index (χ0n) is 15.8. The van der Waals surface area contributed by atoms with E-state index in [-0.39, 0.29) is 18.1 Å². The lowest BCUT2D eigenvalue weighted by Crippen LogP contribution is -2.17. The number of rotatable bonds is 6. The SMILES string of the molecule is Cc1cc(NC(=O)Cc2csc(NC(=O)c3ccco3)n2)n(-c2cccc(Cl)c2)n1. The van der Waals surface area contributed by atoms with Crippen LogP contribution in [0.3, 0.4) is 0 Å². The third-order valence-corrected chi connectivity index (χ3v) is 5.05. The van der Waals surface area contributed by atoms with E-state index in [0.717, 1.165) is 11.4 Å². The normalized spacial score (nSPS) is 10.7. The molecule has 8 nitrogen and oxygen atoms in total. The predicted molar refractivity (Wildman–Crippen MR) is 114 cm³/mol. The lowest BCUT2D eigenvalue weighted by Gasteiger charge is -2.08. The fourth-order valence-electron chi connectivity index (χ4n) is 2.76. The Morgan fingerprint density at radius 1 is 1.20 bits per heavy atom. The molecule has 2 amide bonds. The quantitative estimate of drug-likeness (QED) is 0.464. The molecule has 0 aliphatic rings. The molecule has 0 aliphatic carbocycles. The first kappa shape index (κ1) is 19.9. The second-order valence-electron chi connectivity index (χ2n) is 6.36. The van der Waals surface area contributed by atoms with Gasteiger partial charge in [0.1, 0.15) is 5.82 Å². The van der Waals surface area contributed by atoms with E-state index >= 15 is 0 Å². The van der Waals surface area contributed by atoms with Crippen LogP contribution in [0, 0.1) is 6.92 Å². The van der Waals surface area contributed by atoms with Crippen molar-refractivity contribution in [3.8, 4) is 5.69 Å². The maximum absolute atomic E-state index is 12.5. The molecule has 0 radical (unpaired) electrons. The van der Waals surface area contributed by atoms with Gasteiger partial charge in [0, 0.05) is 16.5 Å². The number of nitrogens with zero attached hydrogens (tertiary/aromatic N) is 3. The van der Waals surface area contributed by atoms with Crippen LogP contribution in [0.1, 0.15) is 21.9 Å². The maximum atomic E-state index is 12.5. The largest absolute Gasteiger partial charge is 0.459 e. The molecule has 0 aliphatic heterocycles. The fourth-order valence-corrected chi connectivity index (χ4v) is 3.65. The number of hydrogen-bond donors (Lipinski definition) is 2. The van der Waals surface area contributed by atoms with Crippen molar-refractivity contribution in [2.75, 3.05) is 10.6 Å². The van der Waals surface area contributed by atoms with Gasteiger partial charge in [-0.1, -0.05) is 17.7 Å². The number of benzene rings is 1. The third kappa shape index (κ3) is 4.58. The number of furan rings is 1. The Labute approximate surface area is 180 Å². The average Bonchev–Trinajstić information content (AvgIpc) is 3.44. The molecule has 2 N–H and O–H groups in total. The predicted octanol–water partition coefficient (Wildman–Crippen LogP) is 4.32. The Balaban J connectivity index is 1.42. The molecule has 152 valence electrons. The average molecular weight is 442 g/mol. The molecule has 3 heterocycles. The van der Waals surface area contributed by atoms with Gasteiger partial charge >= 0.3 is 0 Å². The highest BCUT2D eigenvalue weighted by Gasteiger charge is 2.15. The van der Waals surface area contributed by atoms with Gasteiger partial charge in [-0.2, -0.15) is 5.10 Å². The molecule has 3 aromatic heterocycles. The molecular weight excluding hydrogens is 426 g/mol. The standard InChI is InChI=1S/C20H16ClN5O3S/c1-12-8-17(26(25-12)15-5-2-4-13(21)9-15)23-18(27)10-14-11-30-20(22-14)24-19(28)16-6-3-7-29-16/h2-9,11H,10H2,1H3,(H,23,27)(H,22,24,28). The molecule has 0 saturated heterocycles. The molecule has 0 unspecified atom stereocenters. The zero-order chi connectivity index (χ0) is 21.1. The summed E-state index contributed by atoms with van der Waals surface area (Å²) in [7, 11) is 0. The van der Waals surface area contributed by atoms with Crippen molar-refractivity contribution in [1.82, 2.24) is 14.8 Å². The van der Waals surface area contributed by atoms with Gasteiger partial charge in [0.15, 0.2) is 10.9 Å². The van der Waals surface area contributed by atoms with Gasteiger partial charge in [-0.25, -0.2) is 9.67 Å². The van der Waals surface area contributed by atoms with Gasteiger partial charge in [0.2, 0.25) is 5.91 Å². The maximum Gasteiger partial charge on any atom is 0.293 e. The summed E-state index contributed by atoms with van der Waals surface area (Å²) in [5, 5.41) is 12.6. The van der Waals surface area contributed by atoms with Crippen molar-refractivity contribution in [2.45, 2.75) is 13.3 Å². The van der Waals surface area contributed by atoms with E-state index in [0.29, 0.717) is 21.7 Å². The van der Waals surface area contributed by atoms with Crippen molar-refractivity contribution in [1.29, 1.82) is 0 Å². The highest BCUT2D eigenvalue weighted by Crippen LogP contribution is 2.21. The fraction of sp³-hybridized carbons (Fsp3) is 0.100. The van der Waals surface area contributed by atoms with Gasteiger partial charge in [-0.15, -0.1) is 11.3 Å². The second-order valence-corrected chi connectivity index (χ2v) is 7.66. The van der Waals surface area contributed by atoms with E-state index in [1.807, 2.05) is 19.1 Å². The van der Waals surface area contributed by atoms with Crippen molar-refractivity contribution in [3.05, 3.63) is 76.3 Å². The molecule has 1 aromatic carbocycles. The lowest BCUT2D eigenvalue weighted by molar-refractivity contribution is -0.115. The number of anilines is 2. The van der Waals surface area contributed by atoms with Crippen LogP contribution in [-0.4, -0.2) is 26.6 Å². The first-order valence-corrected chi connectivity index (χ1v) is 10.2. The molecule has 0 atom stereocenters. The van der Waals surface area contributed by atoms with Crippen LogP contribution >= 0.6 is 22.9 Å². The summed E-state index contributed by atoms with van der Waals surface area (Å²) in [4.78, 5) is 28.8. The minimum Gasteiger partial charge on any atom is -0.459 e. The lowest BCUT2D eigenvalue weighted by atomic mass is 10.3. The van der Waals surface area contributed by atoms with Crippen LogP contribution in [0.25, 0.3) is 5.69 Å².